The van der Waals surface area contributed by atoms with Gasteiger partial charge in [-0.1, -0.05) is 34.1 Å². The minimum absolute atomic E-state index is 0.330. The molecule has 0 saturated heterocycles. The van der Waals surface area contributed by atoms with Gasteiger partial charge >= 0.3 is 5.97 Å². The zero-order chi connectivity index (χ0) is 16.5. The van der Waals surface area contributed by atoms with Crippen LogP contribution in [0, 0.1) is 0 Å². The Morgan fingerprint density at radius 3 is 2.83 bits per heavy atom. The SMILES string of the molecule is O=C(O)COC1=CC=CC(=NCCOCc2ccc(Br)cc2)C1. The summed E-state index contributed by atoms with van der Waals surface area (Å²) in [6, 6.07) is 7.99. The fraction of sp³-hybridized carbons (Fsp3) is 0.294. The van der Waals surface area contributed by atoms with Crippen molar-refractivity contribution < 1.29 is 19.4 Å². The van der Waals surface area contributed by atoms with E-state index in [2.05, 4.69) is 20.9 Å². The first-order chi connectivity index (χ1) is 11.1. The van der Waals surface area contributed by atoms with E-state index in [1.165, 1.54) is 0 Å². The van der Waals surface area contributed by atoms with E-state index in [4.69, 9.17) is 14.6 Å². The summed E-state index contributed by atoms with van der Waals surface area (Å²) in [4.78, 5) is 14.9. The Labute approximate surface area is 143 Å². The van der Waals surface area contributed by atoms with Gasteiger partial charge in [0, 0.05) is 16.6 Å². The number of aliphatic carboxylic acids is 1. The molecule has 0 spiro atoms. The first kappa shape index (κ1) is 17.4. The molecule has 0 heterocycles. The quantitative estimate of drug-likeness (QED) is 0.703. The average Bonchev–Trinajstić information content (AvgIpc) is 2.55. The van der Waals surface area contributed by atoms with Gasteiger partial charge < -0.3 is 14.6 Å². The molecule has 122 valence electrons. The number of carbonyl (C=O) groups is 1. The van der Waals surface area contributed by atoms with E-state index >= 15 is 0 Å². The van der Waals surface area contributed by atoms with Crippen LogP contribution in [-0.4, -0.2) is 36.5 Å². The summed E-state index contributed by atoms with van der Waals surface area (Å²) in [6.45, 7) is 1.31. The van der Waals surface area contributed by atoms with Crippen molar-refractivity contribution >= 4 is 27.6 Å². The summed E-state index contributed by atoms with van der Waals surface area (Å²) in [5.74, 6) is -0.371. The highest BCUT2D eigenvalue weighted by Gasteiger charge is 2.08. The molecule has 0 aliphatic heterocycles. The van der Waals surface area contributed by atoms with Gasteiger partial charge in [0.1, 0.15) is 5.76 Å². The monoisotopic (exact) mass is 379 g/mol. The highest BCUT2D eigenvalue weighted by Crippen LogP contribution is 2.12. The summed E-state index contributed by atoms with van der Waals surface area (Å²) in [6.07, 6.45) is 5.97. The Morgan fingerprint density at radius 1 is 1.30 bits per heavy atom. The van der Waals surface area contributed by atoms with Crippen LogP contribution >= 0.6 is 15.9 Å². The van der Waals surface area contributed by atoms with Crippen molar-refractivity contribution in [1.82, 2.24) is 0 Å². The number of nitrogens with zero attached hydrogens (tertiary/aromatic N) is 1. The van der Waals surface area contributed by atoms with E-state index in [-0.39, 0.29) is 6.61 Å². The van der Waals surface area contributed by atoms with Crippen molar-refractivity contribution in [3.63, 3.8) is 0 Å². The maximum atomic E-state index is 10.5. The highest BCUT2D eigenvalue weighted by atomic mass is 79.9. The van der Waals surface area contributed by atoms with Crippen LogP contribution in [0.15, 0.2) is 57.7 Å². The van der Waals surface area contributed by atoms with Crippen LogP contribution < -0.4 is 0 Å². The Hall–Kier alpha value is -1.92. The number of halogens is 1. The third-order valence-electron chi connectivity index (χ3n) is 3.04. The van der Waals surface area contributed by atoms with E-state index in [0.717, 1.165) is 15.7 Å². The predicted molar refractivity (Wildman–Crippen MR) is 91.5 cm³/mol. The molecular weight excluding hydrogens is 362 g/mol. The molecule has 5 nitrogen and oxygen atoms in total. The van der Waals surface area contributed by atoms with E-state index in [9.17, 15) is 4.79 Å². The Morgan fingerprint density at radius 2 is 2.09 bits per heavy atom. The molecule has 0 fully saturated rings. The lowest BCUT2D eigenvalue weighted by Crippen LogP contribution is -2.11. The Balaban J connectivity index is 1.68. The van der Waals surface area contributed by atoms with Crippen molar-refractivity contribution in [3.05, 3.63) is 58.3 Å². The smallest absolute Gasteiger partial charge is 0.341 e. The number of rotatable bonds is 8. The third kappa shape index (κ3) is 6.80. The number of ether oxygens (including phenoxy) is 2. The largest absolute Gasteiger partial charge is 0.486 e. The molecule has 1 aliphatic rings. The molecule has 1 aromatic carbocycles. The van der Waals surface area contributed by atoms with Crippen LogP contribution in [0.2, 0.25) is 0 Å². The van der Waals surface area contributed by atoms with E-state index in [0.29, 0.717) is 31.9 Å². The molecule has 0 radical (unpaired) electrons. The topological polar surface area (TPSA) is 68.1 Å². The summed E-state index contributed by atoms with van der Waals surface area (Å²) in [5.41, 5.74) is 1.98. The molecule has 0 saturated carbocycles. The molecule has 1 aromatic rings. The normalized spacial score (nSPS) is 15.5. The number of benzene rings is 1. The Kier molecular flexibility index (Phi) is 7.03. The fourth-order valence-electron chi connectivity index (χ4n) is 1.95. The van der Waals surface area contributed by atoms with Crippen LogP contribution in [0.4, 0.5) is 0 Å². The van der Waals surface area contributed by atoms with E-state index in [1.807, 2.05) is 36.4 Å². The minimum Gasteiger partial charge on any atom is -0.486 e. The molecule has 0 aromatic heterocycles. The van der Waals surface area contributed by atoms with Crippen LogP contribution in [0.3, 0.4) is 0 Å². The van der Waals surface area contributed by atoms with Gasteiger partial charge in [0.2, 0.25) is 0 Å². The highest BCUT2D eigenvalue weighted by molar-refractivity contribution is 9.10. The molecule has 0 amide bonds. The van der Waals surface area contributed by atoms with Gasteiger partial charge in [-0.15, -0.1) is 0 Å². The molecule has 2 rings (SSSR count). The molecule has 0 atom stereocenters. The van der Waals surface area contributed by atoms with Gasteiger partial charge in [-0.3, -0.25) is 4.99 Å². The molecule has 0 unspecified atom stereocenters. The van der Waals surface area contributed by atoms with Crippen molar-refractivity contribution in [2.45, 2.75) is 13.0 Å². The fourth-order valence-corrected chi connectivity index (χ4v) is 2.21. The number of carboxylic acid groups (broad SMARTS) is 1. The molecule has 1 N–H and O–H groups in total. The van der Waals surface area contributed by atoms with Crippen LogP contribution in [0.1, 0.15) is 12.0 Å². The van der Waals surface area contributed by atoms with Crippen LogP contribution in [-0.2, 0) is 20.9 Å². The summed E-state index contributed by atoms with van der Waals surface area (Å²) < 4.78 is 11.8. The van der Waals surface area contributed by atoms with Crippen molar-refractivity contribution in [2.24, 2.45) is 4.99 Å². The first-order valence-corrected chi connectivity index (χ1v) is 8.00. The number of aliphatic imine (C=N–C) groups is 1. The maximum absolute atomic E-state index is 10.5. The minimum atomic E-state index is -0.986. The van der Waals surface area contributed by atoms with Gasteiger partial charge in [-0.05, 0) is 29.8 Å². The summed E-state index contributed by atoms with van der Waals surface area (Å²) >= 11 is 3.39. The number of hydrogen-bond acceptors (Lipinski definition) is 4. The summed E-state index contributed by atoms with van der Waals surface area (Å²) in [5, 5.41) is 8.60. The Bertz CT molecular complexity index is 620. The predicted octanol–water partition coefficient (Wildman–Crippen LogP) is 3.35. The number of allylic oxidation sites excluding steroid dienone is 4. The molecular formula is C17H18BrNO4. The molecule has 23 heavy (non-hydrogen) atoms. The number of carboxylic acids is 1. The lowest BCUT2D eigenvalue weighted by Gasteiger charge is -2.11. The standard InChI is InChI=1S/C17H18BrNO4/c18-14-6-4-13(5-7-14)11-22-9-8-19-15-2-1-3-16(10-15)23-12-17(20)21/h1-7H,8-12H2,(H,20,21). The zero-order valence-corrected chi connectivity index (χ0v) is 14.2. The van der Waals surface area contributed by atoms with Gasteiger partial charge in [0.25, 0.3) is 0 Å². The lowest BCUT2D eigenvalue weighted by molar-refractivity contribution is -0.140. The first-order valence-electron chi connectivity index (χ1n) is 7.21. The lowest BCUT2D eigenvalue weighted by atomic mass is 10.1. The second-order valence-electron chi connectivity index (χ2n) is 4.90. The van der Waals surface area contributed by atoms with Gasteiger partial charge in [-0.2, -0.15) is 0 Å². The second-order valence-corrected chi connectivity index (χ2v) is 5.82. The molecule has 0 bridgehead atoms. The van der Waals surface area contributed by atoms with Crippen molar-refractivity contribution in [3.8, 4) is 0 Å². The van der Waals surface area contributed by atoms with Crippen molar-refractivity contribution in [2.75, 3.05) is 19.8 Å². The zero-order valence-electron chi connectivity index (χ0n) is 12.6. The van der Waals surface area contributed by atoms with Gasteiger partial charge in [-0.25, -0.2) is 4.79 Å². The second kappa shape index (κ2) is 9.27. The van der Waals surface area contributed by atoms with E-state index < -0.39 is 5.97 Å². The van der Waals surface area contributed by atoms with Gasteiger partial charge in [0.15, 0.2) is 6.61 Å². The van der Waals surface area contributed by atoms with Gasteiger partial charge in [0.05, 0.1) is 19.8 Å². The average molecular weight is 380 g/mol. The van der Waals surface area contributed by atoms with Crippen LogP contribution in [0.25, 0.3) is 0 Å². The summed E-state index contributed by atoms with van der Waals surface area (Å²) in [7, 11) is 0. The van der Waals surface area contributed by atoms with Crippen LogP contribution in [0.5, 0.6) is 0 Å². The third-order valence-corrected chi connectivity index (χ3v) is 3.57. The molecule has 1 aliphatic carbocycles. The molecule has 6 heteroatoms. The van der Waals surface area contributed by atoms with Crippen molar-refractivity contribution in [1.29, 1.82) is 0 Å². The number of hydrogen-bond donors (Lipinski definition) is 1. The van der Waals surface area contributed by atoms with E-state index in [1.54, 1.807) is 6.08 Å². The maximum Gasteiger partial charge on any atom is 0.341 e.